The van der Waals surface area contributed by atoms with Gasteiger partial charge in [-0.3, -0.25) is 14.9 Å². The summed E-state index contributed by atoms with van der Waals surface area (Å²) in [6, 6.07) is 4.01. The number of halogens is 1. The number of hydrogen-bond donors (Lipinski definition) is 2. The highest BCUT2D eigenvalue weighted by molar-refractivity contribution is 6.33. The lowest BCUT2D eigenvalue weighted by atomic mass is 10.3. The molecule has 2 N–H and O–H groups in total. The van der Waals surface area contributed by atoms with Crippen LogP contribution in [0, 0.1) is 10.1 Å². The van der Waals surface area contributed by atoms with E-state index in [2.05, 4.69) is 17.2 Å². The Bertz CT molecular complexity index is 477. The van der Waals surface area contributed by atoms with Crippen molar-refractivity contribution in [3.8, 4) is 0 Å². The fraction of sp³-hybridized carbons (Fsp3) is 0.182. The molecule has 6 nitrogen and oxygen atoms in total. The largest absolute Gasteiger partial charge is 0.325 e. The second-order valence-corrected chi connectivity index (χ2v) is 3.80. The van der Waals surface area contributed by atoms with Crippen LogP contribution in [0.5, 0.6) is 0 Å². The van der Waals surface area contributed by atoms with Crippen LogP contribution in [-0.4, -0.2) is 23.9 Å². The normalized spacial score (nSPS) is 9.83. The van der Waals surface area contributed by atoms with E-state index in [0.29, 0.717) is 12.2 Å². The lowest BCUT2D eigenvalue weighted by molar-refractivity contribution is -0.384. The van der Waals surface area contributed by atoms with Crippen LogP contribution in [0.25, 0.3) is 0 Å². The molecule has 1 aromatic carbocycles. The molecule has 0 aliphatic heterocycles. The zero-order valence-electron chi connectivity index (χ0n) is 9.48. The molecular formula is C11H12ClN3O3. The summed E-state index contributed by atoms with van der Waals surface area (Å²) in [5.74, 6) is -0.262. The van der Waals surface area contributed by atoms with E-state index in [1.165, 1.54) is 18.2 Å². The molecule has 0 aliphatic rings. The van der Waals surface area contributed by atoms with Crippen molar-refractivity contribution in [2.75, 3.05) is 18.4 Å². The SMILES string of the molecule is C=CCNCC(=O)Nc1ccc([N+](=O)[O-])c(Cl)c1. The maximum atomic E-state index is 11.4. The molecule has 0 unspecified atom stereocenters. The van der Waals surface area contributed by atoms with Crippen molar-refractivity contribution in [3.63, 3.8) is 0 Å². The molecule has 0 radical (unpaired) electrons. The van der Waals surface area contributed by atoms with E-state index in [0.717, 1.165) is 0 Å². The molecule has 1 amide bonds. The maximum Gasteiger partial charge on any atom is 0.288 e. The van der Waals surface area contributed by atoms with Crippen molar-refractivity contribution >= 4 is 28.9 Å². The van der Waals surface area contributed by atoms with Gasteiger partial charge in [0, 0.05) is 18.3 Å². The number of hydrogen-bond acceptors (Lipinski definition) is 4. The van der Waals surface area contributed by atoms with E-state index in [1.54, 1.807) is 6.08 Å². The number of nitro groups is 1. The molecular weight excluding hydrogens is 258 g/mol. The molecule has 96 valence electrons. The van der Waals surface area contributed by atoms with Crippen molar-refractivity contribution < 1.29 is 9.72 Å². The van der Waals surface area contributed by atoms with Crippen LogP contribution in [0.4, 0.5) is 11.4 Å². The first-order chi connectivity index (χ1) is 8.54. The summed E-state index contributed by atoms with van der Waals surface area (Å²) in [6.45, 7) is 4.15. The standard InChI is InChI=1S/C11H12ClN3O3/c1-2-5-13-7-11(16)14-8-3-4-10(15(17)18)9(12)6-8/h2-4,6,13H,1,5,7H2,(H,14,16). The molecule has 0 spiro atoms. The summed E-state index contributed by atoms with van der Waals surface area (Å²) in [4.78, 5) is 21.4. The molecule has 1 aromatic rings. The van der Waals surface area contributed by atoms with Crippen LogP contribution >= 0.6 is 11.6 Å². The van der Waals surface area contributed by atoms with Gasteiger partial charge in [-0.05, 0) is 12.1 Å². The Hall–Kier alpha value is -1.92. The van der Waals surface area contributed by atoms with Crippen LogP contribution in [0.2, 0.25) is 5.02 Å². The fourth-order valence-electron chi connectivity index (χ4n) is 1.23. The van der Waals surface area contributed by atoms with Gasteiger partial charge in [0.2, 0.25) is 5.91 Å². The van der Waals surface area contributed by atoms with E-state index in [1.807, 2.05) is 0 Å². The van der Waals surface area contributed by atoms with Crippen molar-refractivity contribution in [2.24, 2.45) is 0 Å². The van der Waals surface area contributed by atoms with Gasteiger partial charge in [0.25, 0.3) is 5.69 Å². The molecule has 0 heterocycles. The highest BCUT2D eigenvalue weighted by atomic mass is 35.5. The lowest BCUT2D eigenvalue weighted by Crippen LogP contribution is -2.28. The minimum Gasteiger partial charge on any atom is -0.325 e. The Morgan fingerprint density at radius 2 is 2.28 bits per heavy atom. The Morgan fingerprint density at radius 3 is 2.83 bits per heavy atom. The second kappa shape index (κ2) is 6.73. The van der Waals surface area contributed by atoms with E-state index in [9.17, 15) is 14.9 Å². The Balaban J connectivity index is 2.63. The van der Waals surface area contributed by atoms with E-state index in [4.69, 9.17) is 11.6 Å². The van der Waals surface area contributed by atoms with E-state index < -0.39 is 4.92 Å². The number of anilines is 1. The van der Waals surface area contributed by atoms with Crippen LogP contribution in [0.1, 0.15) is 0 Å². The highest BCUT2D eigenvalue weighted by Gasteiger charge is 2.12. The fourth-order valence-corrected chi connectivity index (χ4v) is 1.48. The Labute approximate surface area is 109 Å². The molecule has 0 bridgehead atoms. The van der Waals surface area contributed by atoms with Crippen molar-refractivity contribution in [2.45, 2.75) is 0 Å². The molecule has 7 heteroatoms. The summed E-state index contributed by atoms with van der Waals surface area (Å²) in [5.41, 5.74) is 0.218. The topological polar surface area (TPSA) is 84.3 Å². The zero-order valence-corrected chi connectivity index (χ0v) is 10.2. The summed E-state index contributed by atoms with van der Waals surface area (Å²) in [5, 5.41) is 15.9. The summed E-state index contributed by atoms with van der Waals surface area (Å²) < 4.78 is 0. The molecule has 18 heavy (non-hydrogen) atoms. The quantitative estimate of drug-likeness (QED) is 0.358. The van der Waals surface area contributed by atoms with Gasteiger partial charge < -0.3 is 10.6 Å². The number of benzene rings is 1. The number of carbonyl (C=O) groups excluding carboxylic acids is 1. The summed E-state index contributed by atoms with van der Waals surface area (Å²) in [7, 11) is 0. The van der Waals surface area contributed by atoms with Gasteiger partial charge in [-0.1, -0.05) is 17.7 Å². The van der Waals surface area contributed by atoms with Gasteiger partial charge in [-0.15, -0.1) is 6.58 Å². The number of carbonyl (C=O) groups is 1. The zero-order chi connectivity index (χ0) is 13.5. The van der Waals surface area contributed by atoms with Crippen molar-refractivity contribution in [3.05, 3.63) is 46.0 Å². The molecule has 0 aliphatic carbocycles. The van der Waals surface area contributed by atoms with Crippen LogP contribution in [-0.2, 0) is 4.79 Å². The Morgan fingerprint density at radius 1 is 1.56 bits per heavy atom. The van der Waals surface area contributed by atoms with Gasteiger partial charge >= 0.3 is 0 Å². The van der Waals surface area contributed by atoms with E-state index >= 15 is 0 Å². The first-order valence-electron chi connectivity index (χ1n) is 5.10. The van der Waals surface area contributed by atoms with Crippen LogP contribution in [0.15, 0.2) is 30.9 Å². The van der Waals surface area contributed by atoms with Crippen LogP contribution in [0.3, 0.4) is 0 Å². The maximum absolute atomic E-state index is 11.4. The molecule has 0 atom stereocenters. The predicted molar refractivity (Wildman–Crippen MR) is 69.8 cm³/mol. The number of nitrogens with zero attached hydrogens (tertiary/aromatic N) is 1. The first kappa shape index (κ1) is 14.1. The monoisotopic (exact) mass is 269 g/mol. The summed E-state index contributed by atoms with van der Waals surface area (Å²) in [6.07, 6.45) is 1.63. The van der Waals surface area contributed by atoms with Gasteiger partial charge in [0.05, 0.1) is 11.5 Å². The molecule has 1 rings (SSSR count). The predicted octanol–water partition coefficient (Wildman–Crippen LogP) is 1.96. The lowest BCUT2D eigenvalue weighted by Gasteiger charge is -2.06. The average Bonchev–Trinajstić information content (AvgIpc) is 2.28. The van der Waals surface area contributed by atoms with Gasteiger partial charge in [-0.25, -0.2) is 0 Å². The van der Waals surface area contributed by atoms with Crippen LogP contribution < -0.4 is 10.6 Å². The smallest absolute Gasteiger partial charge is 0.288 e. The minimum atomic E-state index is -0.584. The van der Waals surface area contributed by atoms with E-state index in [-0.39, 0.29) is 23.2 Å². The number of rotatable bonds is 6. The average molecular weight is 270 g/mol. The number of nitrogens with one attached hydrogen (secondary N) is 2. The molecule has 0 saturated heterocycles. The number of amides is 1. The third-order valence-corrected chi connectivity index (χ3v) is 2.31. The van der Waals surface area contributed by atoms with Gasteiger partial charge in [0.1, 0.15) is 5.02 Å². The highest BCUT2D eigenvalue weighted by Crippen LogP contribution is 2.26. The summed E-state index contributed by atoms with van der Waals surface area (Å²) >= 11 is 5.71. The van der Waals surface area contributed by atoms with Gasteiger partial charge in [0.15, 0.2) is 0 Å². The van der Waals surface area contributed by atoms with Crippen molar-refractivity contribution in [1.82, 2.24) is 5.32 Å². The molecule has 0 saturated carbocycles. The minimum absolute atomic E-state index is 0.0168. The molecule has 0 fully saturated rings. The van der Waals surface area contributed by atoms with Gasteiger partial charge in [-0.2, -0.15) is 0 Å². The first-order valence-corrected chi connectivity index (χ1v) is 5.48. The second-order valence-electron chi connectivity index (χ2n) is 3.39. The Kier molecular flexibility index (Phi) is 5.29. The number of nitro benzene ring substituents is 1. The molecule has 0 aromatic heterocycles. The third kappa shape index (κ3) is 4.15. The van der Waals surface area contributed by atoms with Crippen molar-refractivity contribution in [1.29, 1.82) is 0 Å². The third-order valence-electron chi connectivity index (χ3n) is 2.00.